The minimum atomic E-state index is -0.123. The summed E-state index contributed by atoms with van der Waals surface area (Å²) in [4.78, 5) is 0. The van der Waals surface area contributed by atoms with Crippen LogP contribution in [0.1, 0.15) is 37.2 Å². The van der Waals surface area contributed by atoms with Crippen molar-refractivity contribution in [2.75, 3.05) is 20.7 Å². The van der Waals surface area contributed by atoms with Gasteiger partial charge in [-0.15, -0.1) is 0 Å². The zero-order valence-electron chi connectivity index (χ0n) is 11.2. The van der Waals surface area contributed by atoms with Gasteiger partial charge in [0, 0.05) is 6.07 Å². The minimum Gasteiger partial charge on any atom is -0.497 e. The maximum atomic E-state index is 14.1. The van der Waals surface area contributed by atoms with Crippen LogP contribution < -0.4 is 10.1 Å². The Hall–Kier alpha value is -1.09. The van der Waals surface area contributed by atoms with Crippen LogP contribution in [0, 0.1) is 11.7 Å². The van der Waals surface area contributed by atoms with E-state index in [2.05, 4.69) is 5.32 Å². The summed E-state index contributed by atoms with van der Waals surface area (Å²) in [6.07, 6.45) is 4.75. The van der Waals surface area contributed by atoms with E-state index in [1.807, 2.05) is 19.2 Å². The predicted octanol–water partition coefficient (Wildman–Crippen LogP) is 3.33. The first-order valence-electron chi connectivity index (χ1n) is 6.74. The number of ether oxygens (including phenoxy) is 1. The lowest BCUT2D eigenvalue weighted by molar-refractivity contribution is 0.295. The first-order valence-corrected chi connectivity index (χ1v) is 6.74. The summed E-state index contributed by atoms with van der Waals surface area (Å²) in [5, 5.41) is 3.23. The van der Waals surface area contributed by atoms with Crippen LogP contribution >= 0.6 is 0 Å². The van der Waals surface area contributed by atoms with E-state index in [0.29, 0.717) is 17.6 Å². The van der Waals surface area contributed by atoms with Gasteiger partial charge in [0.15, 0.2) is 0 Å². The quantitative estimate of drug-likeness (QED) is 0.886. The zero-order valence-corrected chi connectivity index (χ0v) is 11.2. The maximum absolute atomic E-state index is 14.1. The maximum Gasteiger partial charge on any atom is 0.130 e. The van der Waals surface area contributed by atoms with E-state index in [0.717, 1.165) is 18.5 Å². The molecule has 0 spiro atoms. The summed E-state index contributed by atoms with van der Waals surface area (Å²) >= 11 is 0. The highest BCUT2D eigenvalue weighted by Crippen LogP contribution is 2.39. The Kier molecular flexibility index (Phi) is 4.59. The third kappa shape index (κ3) is 2.83. The normalized spacial score (nSPS) is 23.9. The monoisotopic (exact) mass is 251 g/mol. The van der Waals surface area contributed by atoms with E-state index < -0.39 is 0 Å². The van der Waals surface area contributed by atoms with E-state index in [-0.39, 0.29) is 5.82 Å². The Morgan fingerprint density at radius 2 is 2.11 bits per heavy atom. The molecule has 0 saturated heterocycles. The summed E-state index contributed by atoms with van der Waals surface area (Å²) < 4.78 is 19.2. The fourth-order valence-corrected chi connectivity index (χ4v) is 3.06. The molecule has 0 radical (unpaired) electrons. The molecule has 0 heterocycles. The number of nitrogens with one attached hydrogen (secondary N) is 1. The van der Waals surface area contributed by atoms with Crippen LogP contribution in [0.25, 0.3) is 0 Å². The van der Waals surface area contributed by atoms with Crippen molar-refractivity contribution in [3.05, 3.63) is 29.6 Å². The molecule has 1 aromatic carbocycles. The summed E-state index contributed by atoms with van der Waals surface area (Å²) in [6.45, 7) is 0.968. The molecule has 2 unspecified atom stereocenters. The lowest BCUT2D eigenvalue weighted by atomic mass is 9.75. The van der Waals surface area contributed by atoms with Crippen LogP contribution in [0.5, 0.6) is 5.75 Å². The highest BCUT2D eigenvalue weighted by molar-refractivity contribution is 5.31. The average Bonchev–Trinajstić information content (AvgIpc) is 2.40. The molecule has 1 aliphatic rings. The zero-order chi connectivity index (χ0) is 13.0. The van der Waals surface area contributed by atoms with Gasteiger partial charge in [-0.05, 0) is 49.9 Å². The van der Waals surface area contributed by atoms with Gasteiger partial charge < -0.3 is 10.1 Å². The Balaban J connectivity index is 2.22. The topological polar surface area (TPSA) is 21.3 Å². The highest BCUT2D eigenvalue weighted by Gasteiger charge is 2.27. The number of halogens is 1. The fraction of sp³-hybridized carbons (Fsp3) is 0.600. The molecule has 2 nitrogen and oxygen atoms in total. The Morgan fingerprint density at radius 3 is 2.78 bits per heavy atom. The van der Waals surface area contributed by atoms with Crippen LogP contribution in [0.4, 0.5) is 4.39 Å². The third-order valence-electron chi connectivity index (χ3n) is 3.98. The van der Waals surface area contributed by atoms with Crippen molar-refractivity contribution >= 4 is 0 Å². The molecule has 1 aromatic rings. The number of hydrogen-bond donors (Lipinski definition) is 1. The minimum absolute atomic E-state index is 0.123. The average molecular weight is 251 g/mol. The summed E-state index contributed by atoms with van der Waals surface area (Å²) in [5.74, 6) is 1.36. The largest absolute Gasteiger partial charge is 0.497 e. The van der Waals surface area contributed by atoms with Crippen LogP contribution in [0.3, 0.4) is 0 Å². The van der Waals surface area contributed by atoms with Gasteiger partial charge in [-0.25, -0.2) is 4.39 Å². The van der Waals surface area contributed by atoms with Crippen molar-refractivity contribution in [3.63, 3.8) is 0 Å². The first-order chi connectivity index (χ1) is 8.76. The van der Waals surface area contributed by atoms with Gasteiger partial charge in [0.1, 0.15) is 11.6 Å². The molecule has 0 aliphatic heterocycles. The molecule has 2 atom stereocenters. The van der Waals surface area contributed by atoms with Gasteiger partial charge in [0.05, 0.1) is 7.11 Å². The standard InChI is InChI=1S/C15H22FNO/c1-17-10-11-5-3-4-6-13(11)14-8-7-12(18-2)9-15(14)16/h7-9,11,13,17H,3-6,10H2,1-2H3. The van der Waals surface area contributed by atoms with Crippen molar-refractivity contribution in [3.8, 4) is 5.75 Å². The molecule has 100 valence electrons. The first kappa shape index (κ1) is 13.3. The van der Waals surface area contributed by atoms with E-state index in [4.69, 9.17) is 4.74 Å². The van der Waals surface area contributed by atoms with Crippen molar-refractivity contribution in [2.45, 2.75) is 31.6 Å². The molecule has 2 rings (SSSR count). The SMILES string of the molecule is CNCC1CCCCC1c1ccc(OC)cc1F. The number of hydrogen-bond acceptors (Lipinski definition) is 2. The summed E-state index contributed by atoms with van der Waals surface area (Å²) in [6, 6.07) is 5.26. The van der Waals surface area contributed by atoms with Crippen molar-refractivity contribution < 1.29 is 9.13 Å². The van der Waals surface area contributed by atoms with Crippen molar-refractivity contribution in [1.29, 1.82) is 0 Å². The number of benzene rings is 1. The molecule has 1 N–H and O–H groups in total. The molecule has 18 heavy (non-hydrogen) atoms. The highest BCUT2D eigenvalue weighted by atomic mass is 19.1. The Labute approximate surface area is 109 Å². The van der Waals surface area contributed by atoms with Gasteiger partial charge >= 0.3 is 0 Å². The Morgan fingerprint density at radius 1 is 1.33 bits per heavy atom. The third-order valence-corrected chi connectivity index (χ3v) is 3.98. The summed E-state index contributed by atoms with van der Waals surface area (Å²) in [7, 11) is 3.54. The second kappa shape index (κ2) is 6.19. The summed E-state index contributed by atoms with van der Waals surface area (Å²) in [5.41, 5.74) is 0.857. The Bertz CT molecular complexity index is 392. The van der Waals surface area contributed by atoms with E-state index in [1.165, 1.54) is 25.3 Å². The van der Waals surface area contributed by atoms with Gasteiger partial charge in [-0.3, -0.25) is 0 Å². The molecule has 0 bridgehead atoms. The van der Waals surface area contributed by atoms with E-state index in [9.17, 15) is 4.39 Å². The molecular weight excluding hydrogens is 229 g/mol. The lowest BCUT2D eigenvalue weighted by Gasteiger charge is -2.32. The van der Waals surface area contributed by atoms with Crippen molar-refractivity contribution in [1.82, 2.24) is 5.32 Å². The number of rotatable bonds is 4. The van der Waals surface area contributed by atoms with E-state index in [1.54, 1.807) is 7.11 Å². The molecule has 0 amide bonds. The predicted molar refractivity (Wildman–Crippen MR) is 71.6 cm³/mol. The smallest absolute Gasteiger partial charge is 0.130 e. The van der Waals surface area contributed by atoms with Crippen molar-refractivity contribution in [2.24, 2.45) is 5.92 Å². The molecule has 3 heteroatoms. The van der Waals surface area contributed by atoms with Gasteiger partial charge in [-0.2, -0.15) is 0 Å². The molecule has 1 fully saturated rings. The number of methoxy groups -OCH3 is 1. The second-order valence-electron chi connectivity index (χ2n) is 5.10. The molecule has 0 aromatic heterocycles. The van der Waals surface area contributed by atoms with Crippen LogP contribution in [-0.4, -0.2) is 20.7 Å². The van der Waals surface area contributed by atoms with E-state index >= 15 is 0 Å². The van der Waals surface area contributed by atoms with Crippen LogP contribution in [0.2, 0.25) is 0 Å². The van der Waals surface area contributed by atoms with Gasteiger partial charge in [-0.1, -0.05) is 18.9 Å². The van der Waals surface area contributed by atoms with Crippen LogP contribution in [-0.2, 0) is 0 Å². The molecule has 1 saturated carbocycles. The second-order valence-corrected chi connectivity index (χ2v) is 5.10. The fourth-order valence-electron chi connectivity index (χ4n) is 3.06. The van der Waals surface area contributed by atoms with Gasteiger partial charge in [0.25, 0.3) is 0 Å². The lowest BCUT2D eigenvalue weighted by Crippen LogP contribution is -2.28. The van der Waals surface area contributed by atoms with Gasteiger partial charge in [0.2, 0.25) is 0 Å². The molecule has 1 aliphatic carbocycles. The van der Waals surface area contributed by atoms with Crippen LogP contribution in [0.15, 0.2) is 18.2 Å². The molecular formula is C15H22FNO.